The maximum absolute atomic E-state index is 10.1. The van der Waals surface area contributed by atoms with Crippen LogP contribution in [0.2, 0.25) is 0 Å². The van der Waals surface area contributed by atoms with Gasteiger partial charge in [0.05, 0.1) is 5.60 Å². The lowest BCUT2D eigenvalue weighted by atomic mass is 9.87. The van der Waals surface area contributed by atoms with Crippen LogP contribution < -0.4 is 0 Å². The largest absolute Gasteiger partial charge is 0.386 e. The second-order valence-electron chi connectivity index (χ2n) is 7.72. The monoisotopic (exact) mass is 358 g/mol. The van der Waals surface area contributed by atoms with Gasteiger partial charge in [-0.1, -0.05) is 61.1 Å². The van der Waals surface area contributed by atoms with E-state index >= 15 is 0 Å². The highest BCUT2D eigenvalue weighted by atomic mass is 16.3. The number of unbranched alkanes of at least 4 members (excludes halogenated alkanes) is 3. The molecule has 1 atom stereocenters. The lowest BCUT2D eigenvalue weighted by molar-refractivity contribution is 0.118. The van der Waals surface area contributed by atoms with Crippen LogP contribution in [0.5, 0.6) is 0 Å². The quantitative estimate of drug-likeness (QED) is 0.264. The van der Waals surface area contributed by atoms with Crippen molar-refractivity contribution in [2.45, 2.75) is 92.1 Å². The van der Waals surface area contributed by atoms with Crippen molar-refractivity contribution in [2.75, 3.05) is 0 Å². The highest BCUT2D eigenvalue weighted by molar-refractivity contribution is 5.20. The number of allylic oxidation sites excluding steroid dienone is 9. The second-order valence-corrected chi connectivity index (χ2v) is 7.72. The average Bonchev–Trinajstić information content (AvgIpc) is 2.59. The molecule has 0 aromatic carbocycles. The molecule has 0 aliphatic heterocycles. The Bertz CT molecular complexity index is 495. The summed E-state index contributed by atoms with van der Waals surface area (Å²) in [7, 11) is 0. The van der Waals surface area contributed by atoms with Crippen molar-refractivity contribution in [2.24, 2.45) is 5.92 Å². The van der Waals surface area contributed by atoms with Crippen molar-refractivity contribution in [3.05, 3.63) is 59.8 Å². The van der Waals surface area contributed by atoms with E-state index in [2.05, 4.69) is 69.4 Å². The van der Waals surface area contributed by atoms with Gasteiger partial charge in [-0.15, -0.1) is 0 Å². The minimum atomic E-state index is -0.714. The topological polar surface area (TPSA) is 20.2 Å². The zero-order valence-electron chi connectivity index (χ0n) is 18.1. The maximum atomic E-state index is 10.1. The van der Waals surface area contributed by atoms with Crippen LogP contribution >= 0.6 is 0 Å². The van der Waals surface area contributed by atoms with Gasteiger partial charge in [0.2, 0.25) is 0 Å². The Balaban J connectivity index is 3.88. The van der Waals surface area contributed by atoms with E-state index in [1.165, 1.54) is 5.57 Å². The van der Waals surface area contributed by atoms with E-state index in [9.17, 15) is 5.11 Å². The molecule has 0 saturated heterocycles. The van der Waals surface area contributed by atoms with Gasteiger partial charge in [0.25, 0.3) is 0 Å². The van der Waals surface area contributed by atoms with E-state index in [1.807, 2.05) is 20.8 Å². The van der Waals surface area contributed by atoms with Crippen LogP contribution in [0.1, 0.15) is 86.5 Å². The van der Waals surface area contributed by atoms with Gasteiger partial charge in [-0.2, -0.15) is 0 Å². The molecule has 0 aromatic heterocycles. The first-order valence-electron chi connectivity index (χ1n) is 10.3. The highest BCUT2D eigenvalue weighted by Crippen LogP contribution is 2.25. The number of hydrogen-bond donors (Lipinski definition) is 1. The van der Waals surface area contributed by atoms with E-state index in [-0.39, 0.29) is 0 Å². The van der Waals surface area contributed by atoms with Crippen molar-refractivity contribution in [3.8, 4) is 0 Å². The molecule has 0 rings (SSSR count). The minimum Gasteiger partial charge on any atom is -0.386 e. The Kier molecular flexibility index (Phi) is 14.0. The Morgan fingerprint density at radius 2 is 1.15 bits per heavy atom. The molecule has 0 bridgehead atoms. The fourth-order valence-corrected chi connectivity index (χ4v) is 2.66. The first kappa shape index (κ1) is 24.7. The molecule has 1 nitrogen and oxygen atoms in total. The van der Waals surface area contributed by atoms with Crippen molar-refractivity contribution in [1.82, 2.24) is 0 Å². The summed E-state index contributed by atoms with van der Waals surface area (Å²) < 4.78 is 0. The molecule has 0 heterocycles. The Morgan fingerprint density at radius 1 is 0.769 bits per heavy atom. The molecule has 0 amide bonds. The molecular formula is C25H42O. The van der Waals surface area contributed by atoms with Gasteiger partial charge < -0.3 is 5.11 Å². The third-order valence-corrected chi connectivity index (χ3v) is 4.97. The molecule has 0 radical (unpaired) electrons. The summed E-state index contributed by atoms with van der Waals surface area (Å²) in [4.78, 5) is 0. The molecular weight excluding hydrogens is 316 g/mol. The van der Waals surface area contributed by atoms with Crippen molar-refractivity contribution < 1.29 is 5.11 Å². The Labute approximate surface area is 163 Å². The van der Waals surface area contributed by atoms with E-state index in [0.29, 0.717) is 5.92 Å². The molecule has 1 unspecified atom stereocenters. The summed E-state index contributed by atoms with van der Waals surface area (Å²) >= 11 is 0. The van der Waals surface area contributed by atoms with Gasteiger partial charge in [-0.05, 0) is 91.1 Å². The van der Waals surface area contributed by atoms with Crippen molar-refractivity contribution >= 4 is 0 Å². The van der Waals surface area contributed by atoms with Crippen molar-refractivity contribution in [1.29, 1.82) is 0 Å². The number of hydrogen-bond acceptors (Lipinski definition) is 1. The molecule has 0 fully saturated rings. The van der Waals surface area contributed by atoms with E-state index in [0.717, 1.165) is 50.5 Å². The van der Waals surface area contributed by atoms with Crippen LogP contribution in [0.25, 0.3) is 0 Å². The summed E-state index contributed by atoms with van der Waals surface area (Å²) in [6.07, 6.45) is 25.9. The predicted molar refractivity (Wildman–Crippen MR) is 118 cm³/mol. The van der Waals surface area contributed by atoms with Crippen LogP contribution in [0.3, 0.4) is 0 Å². The van der Waals surface area contributed by atoms with Gasteiger partial charge >= 0.3 is 0 Å². The molecule has 0 aromatic rings. The van der Waals surface area contributed by atoms with Crippen LogP contribution in [0.15, 0.2) is 59.8 Å². The molecule has 0 aliphatic rings. The first-order valence-corrected chi connectivity index (χ1v) is 10.3. The second kappa shape index (κ2) is 14.8. The van der Waals surface area contributed by atoms with Crippen molar-refractivity contribution in [3.63, 3.8) is 0 Å². The third-order valence-electron chi connectivity index (χ3n) is 4.97. The number of aliphatic hydroxyl groups is 1. The fraction of sp³-hybridized carbons (Fsp3) is 0.600. The fourth-order valence-electron chi connectivity index (χ4n) is 2.66. The average molecular weight is 359 g/mol. The van der Waals surface area contributed by atoms with E-state index < -0.39 is 5.60 Å². The van der Waals surface area contributed by atoms with E-state index in [4.69, 9.17) is 0 Å². The molecule has 0 aliphatic carbocycles. The summed E-state index contributed by atoms with van der Waals surface area (Å²) in [5.74, 6) is 0.479. The first-order chi connectivity index (χ1) is 12.3. The predicted octanol–water partition coefficient (Wildman–Crippen LogP) is 7.71. The maximum Gasteiger partial charge on any atom is 0.0800 e. The zero-order valence-corrected chi connectivity index (χ0v) is 18.1. The lowest BCUT2D eigenvalue weighted by Gasteiger charge is -2.24. The van der Waals surface area contributed by atoms with Gasteiger partial charge in [0, 0.05) is 0 Å². The van der Waals surface area contributed by atoms with Crippen LogP contribution in [0, 0.1) is 5.92 Å². The smallest absolute Gasteiger partial charge is 0.0800 e. The molecule has 1 N–H and O–H groups in total. The Hall–Kier alpha value is -1.34. The SMILES string of the molecule is C/C=C/CC/C=C/CC/C=C/CC/C=C/CC(C)/C(C)=C(\C)C(C)(C)O. The standard InChI is InChI=1S/C25H42O/c1-7-8-9-10-11-12-13-14-15-16-17-18-19-20-21-22(2)23(3)24(4)25(5,6)26/h7-8,11-12,15-16,19-20,22,26H,9-10,13-14,17-18,21H2,1-6H3/b8-7+,12-11+,16-15+,20-19+,24-23+. The molecule has 148 valence electrons. The summed E-state index contributed by atoms with van der Waals surface area (Å²) in [6.45, 7) is 12.2. The van der Waals surface area contributed by atoms with Gasteiger partial charge in [-0.3, -0.25) is 0 Å². The van der Waals surface area contributed by atoms with Crippen LogP contribution in [-0.2, 0) is 0 Å². The highest BCUT2D eigenvalue weighted by Gasteiger charge is 2.19. The molecule has 26 heavy (non-hydrogen) atoms. The molecule has 0 spiro atoms. The lowest BCUT2D eigenvalue weighted by Crippen LogP contribution is -2.22. The Morgan fingerprint density at radius 3 is 1.54 bits per heavy atom. The van der Waals surface area contributed by atoms with Gasteiger partial charge in [-0.25, -0.2) is 0 Å². The normalized spacial score (nSPS) is 15.7. The number of rotatable bonds is 13. The molecule has 1 heteroatoms. The summed E-state index contributed by atoms with van der Waals surface area (Å²) in [6, 6.07) is 0. The summed E-state index contributed by atoms with van der Waals surface area (Å²) in [5.41, 5.74) is 1.69. The molecule has 0 saturated carbocycles. The zero-order chi connectivity index (χ0) is 19.8. The summed E-state index contributed by atoms with van der Waals surface area (Å²) in [5, 5.41) is 10.1. The van der Waals surface area contributed by atoms with E-state index in [1.54, 1.807) is 0 Å². The third kappa shape index (κ3) is 12.9. The minimum absolute atomic E-state index is 0.479. The van der Waals surface area contributed by atoms with Gasteiger partial charge in [0.15, 0.2) is 0 Å². The van der Waals surface area contributed by atoms with Crippen LogP contribution in [0.4, 0.5) is 0 Å². The van der Waals surface area contributed by atoms with Crippen LogP contribution in [-0.4, -0.2) is 10.7 Å². The van der Waals surface area contributed by atoms with Gasteiger partial charge in [0.1, 0.15) is 0 Å².